The molecule has 2 aromatic rings. The van der Waals surface area contributed by atoms with Gasteiger partial charge >= 0.3 is 0 Å². The molecule has 0 unspecified atom stereocenters. The Balaban J connectivity index is 2.13. The summed E-state index contributed by atoms with van der Waals surface area (Å²) in [6.07, 6.45) is 1.30. The fourth-order valence-corrected chi connectivity index (χ4v) is 2.18. The van der Waals surface area contributed by atoms with Crippen LogP contribution in [0.4, 0.5) is 17.1 Å². The minimum absolute atomic E-state index is 0.110. The van der Waals surface area contributed by atoms with Gasteiger partial charge in [0.15, 0.2) is 0 Å². The maximum atomic E-state index is 12.2. The number of rotatable bonds is 4. The second-order valence-corrected chi connectivity index (χ2v) is 5.80. The highest BCUT2D eigenvalue weighted by atomic mass is 35.5. The number of benzene rings is 2. The summed E-state index contributed by atoms with van der Waals surface area (Å²) in [5.74, 6) is -0.575. The summed E-state index contributed by atoms with van der Waals surface area (Å²) in [4.78, 5) is 12.2. The van der Waals surface area contributed by atoms with Crippen molar-refractivity contribution in [1.29, 1.82) is 5.26 Å². The molecule has 4 N–H and O–H groups in total. The first-order chi connectivity index (χ1) is 11.4. The van der Waals surface area contributed by atoms with E-state index in [1.807, 2.05) is 19.1 Å². The predicted molar refractivity (Wildman–Crippen MR) is 98.0 cm³/mol. The van der Waals surface area contributed by atoms with Crippen LogP contribution in [0.25, 0.3) is 0 Å². The number of nitrogens with zero attached hydrogens (tertiary/aromatic N) is 1. The molecular weight excluding hydrogens is 347 g/mol. The number of nitrogen functional groups attached to an aromatic ring is 1. The van der Waals surface area contributed by atoms with Crippen LogP contribution in [0.2, 0.25) is 10.0 Å². The topological polar surface area (TPSA) is 90.9 Å². The van der Waals surface area contributed by atoms with Crippen LogP contribution in [-0.4, -0.2) is 5.91 Å². The largest absolute Gasteiger partial charge is 0.397 e. The zero-order valence-corrected chi connectivity index (χ0v) is 14.2. The maximum Gasteiger partial charge on any atom is 0.267 e. The first kappa shape index (κ1) is 17.7. The molecule has 0 radical (unpaired) electrons. The van der Waals surface area contributed by atoms with Gasteiger partial charge in [-0.2, -0.15) is 5.26 Å². The Morgan fingerprint density at radius 3 is 2.58 bits per heavy atom. The van der Waals surface area contributed by atoms with Gasteiger partial charge in [0.25, 0.3) is 5.91 Å². The minimum Gasteiger partial charge on any atom is -0.397 e. The molecule has 0 saturated heterocycles. The first-order valence-electron chi connectivity index (χ1n) is 6.90. The number of anilines is 3. The number of nitrogens with two attached hydrogens (primary N) is 1. The molecule has 0 aliphatic heterocycles. The molecule has 7 heteroatoms. The van der Waals surface area contributed by atoms with Gasteiger partial charge in [-0.15, -0.1) is 0 Å². The van der Waals surface area contributed by atoms with Crippen LogP contribution in [0.3, 0.4) is 0 Å². The van der Waals surface area contributed by atoms with E-state index < -0.39 is 5.91 Å². The Morgan fingerprint density at radius 2 is 1.96 bits per heavy atom. The monoisotopic (exact) mass is 360 g/mol. The van der Waals surface area contributed by atoms with Gasteiger partial charge in [-0.25, -0.2) is 0 Å². The van der Waals surface area contributed by atoms with Gasteiger partial charge in [-0.3, -0.25) is 4.79 Å². The van der Waals surface area contributed by atoms with Gasteiger partial charge < -0.3 is 16.4 Å². The fraction of sp³-hybridized carbons (Fsp3) is 0.0588. The van der Waals surface area contributed by atoms with E-state index in [-0.39, 0.29) is 5.57 Å². The maximum absolute atomic E-state index is 12.2. The van der Waals surface area contributed by atoms with Crippen molar-refractivity contribution >= 4 is 46.2 Å². The van der Waals surface area contributed by atoms with Crippen molar-refractivity contribution < 1.29 is 4.79 Å². The Kier molecular flexibility index (Phi) is 5.69. The molecule has 2 rings (SSSR count). The van der Waals surface area contributed by atoms with E-state index in [1.165, 1.54) is 12.3 Å². The summed E-state index contributed by atoms with van der Waals surface area (Å²) in [6, 6.07) is 11.9. The van der Waals surface area contributed by atoms with E-state index >= 15 is 0 Å². The zero-order chi connectivity index (χ0) is 17.7. The summed E-state index contributed by atoms with van der Waals surface area (Å²) < 4.78 is 0. The van der Waals surface area contributed by atoms with E-state index in [1.54, 1.807) is 24.3 Å². The van der Waals surface area contributed by atoms with E-state index in [4.69, 9.17) is 34.2 Å². The number of hydrogen-bond acceptors (Lipinski definition) is 4. The van der Waals surface area contributed by atoms with E-state index in [0.29, 0.717) is 27.1 Å². The van der Waals surface area contributed by atoms with Crippen LogP contribution in [0.5, 0.6) is 0 Å². The SMILES string of the molecule is Cc1ccc(N/C=C(/C#N)C(=O)Nc2ccc(Cl)c(Cl)c2)c(N)c1. The number of halogens is 2. The summed E-state index contributed by atoms with van der Waals surface area (Å²) in [5, 5.41) is 15.3. The van der Waals surface area contributed by atoms with Crippen molar-refractivity contribution in [3.63, 3.8) is 0 Å². The standard InChI is InChI=1S/C17H14Cl2N4O/c1-10-2-5-16(15(21)6-10)22-9-11(8-20)17(24)23-12-3-4-13(18)14(19)7-12/h2-7,9,22H,21H2,1H3,(H,23,24)/b11-9-. The fourth-order valence-electron chi connectivity index (χ4n) is 1.88. The van der Waals surface area contributed by atoms with Crippen molar-refractivity contribution in [2.45, 2.75) is 6.92 Å². The van der Waals surface area contributed by atoms with Crippen LogP contribution in [0, 0.1) is 18.3 Å². The molecule has 2 aromatic carbocycles. The molecule has 0 aromatic heterocycles. The zero-order valence-electron chi connectivity index (χ0n) is 12.7. The Morgan fingerprint density at radius 1 is 1.21 bits per heavy atom. The number of hydrogen-bond donors (Lipinski definition) is 3. The van der Waals surface area contributed by atoms with Gasteiger partial charge in [-0.1, -0.05) is 29.3 Å². The van der Waals surface area contributed by atoms with Crippen molar-refractivity contribution in [2.75, 3.05) is 16.4 Å². The molecule has 0 fully saturated rings. The smallest absolute Gasteiger partial charge is 0.267 e. The van der Waals surface area contributed by atoms with Crippen LogP contribution < -0.4 is 16.4 Å². The molecule has 0 spiro atoms. The third-order valence-electron chi connectivity index (χ3n) is 3.12. The second-order valence-electron chi connectivity index (χ2n) is 4.99. The van der Waals surface area contributed by atoms with Gasteiger partial charge in [0.1, 0.15) is 11.6 Å². The third kappa shape index (κ3) is 4.42. The number of nitriles is 1. The second kappa shape index (κ2) is 7.73. The number of carbonyl (C=O) groups is 1. The molecular formula is C17H14Cl2N4O. The van der Waals surface area contributed by atoms with Gasteiger partial charge in [0, 0.05) is 11.9 Å². The highest BCUT2D eigenvalue weighted by Crippen LogP contribution is 2.25. The summed E-state index contributed by atoms with van der Waals surface area (Å²) in [6.45, 7) is 1.92. The molecule has 0 bridgehead atoms. The lowest BCUT2D eigenvalue weighted by Crippen LogP contribution is -2.14. The normalized spacial score (nSPS) is 10.8. The van der Waals surface area contributed by atoms with Gasteiger partial charge in [0.2, 0.25) is 0 Å². The molecule has 0 heterocycles. The van der Waals surface area contributed by atoms with E-state index in [9.17, 15) is 4.79 Å². The van der Waals surface area contributed by atoms with Crippen molar-refractivity contribution in [2.24, 2.45) is 0 Å². The lowest BCUT2D eigenvalue weighted by atomic mass is 10.2. The number of aryl methyl sites for hydroxylation is 1. The van der Waals surface area contributed by atoms with Gasteiger partial charge in [-0.05, 0) is 42.8 Å². The lowest BCUT2D eigenvalue weighted by Gasteiger charge is -2.08. The minimum atomic E-state index is -0.575. The average Bonchev–Trinajstić information content (AvgIpc) is 2.53. The number of amides is 1. The van der Waals surface area contributed by atoms with Crippen LogP contribution in [0.15, 0.2) is 48.2 Å². The summed E-state index contributed by atoms with van der Waals surface area (Å²) in [5.41, 5.74) is 8.35. The quantitative estimate of drug-likeness (QED) is 0.429. The molecule has 122 valence electrons. The van der Waals surface area contributed by atoms with Crippen LogP contribution >= 0.6 is 23.2 Å². The predicted octanol–water partition coefficient (Wildman–Crippen LogP) is 4.34. The van der Waals surface area contributed by atoms with Gasteiger partial charge in [0.05, 0.1) is 21.4 Å². The molecule has 1 amide bonds. The van der Waals surface area contributed by atoms with Crippen LogP contribution in [0.1, 0.15) is 5.56 Å². The first-order valence-corrected chi connectivity index (χ1v) is 7.65. The summed E-state index contributed by atoms with van der Waals surface area (Å²) >= 11 is 11.7. The summed E-state index contributed by atoms with van der Waals surface area (Å²) in [7, 11) is 0. The van der Waals surface area contributed by atoms with E-state index in [2.05, 4.69) is 10.6 Å². The average molecular weight is 361 g/mol. The number of nitrogens with one attached hydrogen (secondary N) is 2. The highest BCUT2D eigenvalue weighted by Gasteiger charge is 2.10. The molecule has 0 saturated carbocycles. The molecule has 5 nitrogen and oxygen atoms in total. The highest BCUT2D eigenvalue weighted by molar-refractivity contribution is 6.42. The molecule has 0 aliphatic rings. The lowest BCUT2D eigenvalue weighted by molar-refractivity contribution is -0.112. The molecule has 0 atom stereocenters. The Labute approximate surface area is 149 Å². The number of carbonyl (C=O) groups excluding carboxylic acids is 1. The molecule has 0 aliphatic carbocycles. The van der Waals surface area contributed by atoms with E-state index in [0.717, 1.165) is 5.56 Å². The molecule has 24 heavy (non-hydrogen) atoms. The van der Waals surface area contributed by atoms with Crippen LogP contribution in [-0.2, 0) is 4.79 Å². The van der Waals surface area contributed by atoms with Crippen molar-refractivity contribution in [1.82, 2.24) is 0 Å². The Bertz CT molecular complexity index is 856. The Hall–Kier alpha value is -2.68. The third-order valence-corrected chi connectivity index (χ3v) is 3.86. The van der Waals surface area contributed by atoms with Crippen molar-refractivity contribution in [3.8, 4) is 6.07 Å². The van der Waals surface area contributed by atoms with Crippen molar-refractivity contribution in [3.05, 3.63) is 63.8 Å².